The van der Waals surface area contributed by atoms with Crippen LogP contribution in [0.25, 0.3) is 5.69 Å². The van der Waals surface area contributed by atoms with Gasteiger partial charge in [0.2, 0.25) is 0 Å². The molecule has 18 heavy (non-hydrogen) atoms. The zero-order valence-electron chi connectivity index (χ0n) is 9.75. The highest BCUT2D eigenvalue weighted by atomic mass is 16.4. The van der Waals surface area contributed by atoms with Gasteiger partial charge in [0.15, 0.2) is 0 Å². The first kappa shape index (κ1) is 11.9. The molecule has 2 aromatic rings. The van der Waals surface area contributed by atoms with Gasteiger partial charge in [0.05, 0.1) is 5.69 Å². The van der Waals surface area contributed by atoms with Crippen LogP contribution in [0.3, 0.4) is 0 Å². The molecule has 0 saturated heterocycles. The molecule has 2 rings (SSSR count). The maximum absolute atomic E-state index is 12.0. The molecule has 1 aromatic carbocycles. The summed E-state index contributed by atoms with van der Waals surface area (Å²) in [4.78, 5) is 22.9. The maximum Gasteiger partial charge on any atom is 0.341 e. The van der Waals surface area contributed by atoms with Gasteiger partial charge in [0.1, 0.15) is 11.4 Å². The van der Waals surface area contributed by atoms with Crippen LogP contribution in [0.15, 0.2) is 41.2 Å². The van der Waals surface area contributed by atoms with Crippen LogP contribution in [0.1, 0.15) is 15.9 Å². The molecule has 0 aliphatic carbocycles. The average Bonchev–Trinajstić information content (AvgIpc) is 2.31. The van der Waals surface area contributed by atoms with Gasteiger partial charge in [-0.2, -0.15) is 0 Å². The Morgan fingerprint density at radius 1 is 1.17 bits per heavy atom. The molecule has 0 spiro atoms. The third kappa shape index (κ3) is 1.98. The van der Waals surface area contributed by atoms with Crippen LogP contribution in [-0.4, -0.2) is 15.6 Å². The molecule has 0 fully saturated rings. The van der Waals surface area contributed by atoms with E-state index in [4.69, 9.17) is 10.8 Å². The molecule has 1 heterocycles. The first-order valence-electron chi connectivity index (χ1n) is 5.32. The van der Waals surface area contributed by atoms with Crippen LogP contribution in [0.4, 0.5) is 5.82 Å². The predicted molar refractivity (Wildman–Crippen MR) is 68.1 cm³/mol. The monoisotopic (exact) mass is 244 g/mol. The second-order valence-electron chi connectivity index (χ2n) is 3.95. The quantitative estimate of drug-likeness (QED) is 0.836. The van der Waals surface area contributed by atoms with E-state index in [0.717, 1.165) is 5.56 Å². The highest BCUT2D eigenvalue weighted by Crippen LogP contribution is 2.12. The molecule has 0 atom stereocenters. The van der Waals surface area contributed by atoms with Crippen LogP contribution < -0.4 is 11.3 Å². The summed E-state index contributed by atoms with van der Waals surface area (Å²) in [6.07, 6.45) is 0. The van der Waals surface area contributed by atoms with E-state index in [0.29, 0.717) is 5.69 Å². The van der Waals surface area contributed by atoms with Crippen LogP contribution in [0.2, 0.25) is 0 Å². The summed E-state index contributed by atoms with van der Waals surface area (Å²) in [5.41, 5.74) is 6.39. The zero-order chi connectivity index (χ0) is 13.3. The van der Waals surface area contributed by atoms with Gasteiger partial charge >= 0.3 is 5.97 Å². The molecule has 5 heteroatoms. The van der Waals surface area contributed by atoms with E-state index in [1.54, 1.807) is 12.1 Å². The Labute approximate surface area is 103 Å². The van der Waals surface area contributed by atoms with E-state index in [1.807, 2.05) is 19.1 Å². The summed E-state index contributed by atoms with van der Waals surface area (Å²) in [5.74, 6) is -1.06. The number of aromatic carboxylic acids is 1. The molecule has 3 N–H and O–H groups in total. The lowest BCUT2D eigenvalue weighted by Gasteiger charge is -2.10. The van der Waals surface area contributed by atoms with Crippen molar-refractivity contribution in [3.63, 3.8) is 0 Å². The van der Waals surface area contributed by atoms with Crippen LogP contribution in [0, 0.1) is 6.92 Å². The molecule has 1 aromatic heterocycles. The van der Waals surface area contributed by atoms with Gasteiger partial charge in [-0.3, -0.25) is 9.36 Å². The molecule has 0 aliphatic rings. The van der Waals surface area contributed by atoms with Crippen molar-refractivity contribution >= 4 is 11.8 Å². The molecular formula is C13H12N2O3. The van der Waals surface area contributed by atoms with Crippen LogP contribution in [-0.2, 0) is 0 Å². The van der Waals surface area contributed by atoms with Crippen molar-refractivity contribution in [1.29, 1.82) is 0 Å². The summed E-state index contributed by atoms with van der Waals surface area (Å²) in [6, 6.07) is 9.72. The van der Waals surface area contributed by atoms with Crippen molar-refractivity contribution in [3.8, 4) is 5.69 Å². The van der Waals surface area contributed by atoms with Gasteiger partial charge in [0, 0.05) is 0 Å². The number of benzene rings is 1. The number of carbonyl (C=O) groups is 1. The van der Waals surface area contributed by atoms with Gasteiger partial charge in [0.25, 0.3) is 5.56 Å². The number of aryl methyl sites for hydroxylation is 1. The smallest absolute Gasteiger partial charge is 0.341 e. The highest BCUT2D eigenvalue weighted by molar-refractivity contribution is 5.87. The van der Waals surface area contributed by atoms with Crippen molar-refractivity contribution in [2.45, 2.75) is 6.92 Å². The number of nitrogens with zero attached hydrogens (tertiary/aromatic N) is 1. The number of hydrogen-bond donors (Lipinski definition) is 2. The average molecular weight is 244 g/mol. The number of carboxylic acids is 1. The summed E-state index contributed by atoms with van der Waals surface area (Å²) in [7, 11) is 0. The van der Waals surface area contributed by atoms with Crippen molar-refractivity contribution in [3.05, 3.63) is 57.9 Å². The molecule has 5 nitrogen and oxygen atoms in total. The minimum absolute atomic E-state index is 0.203. The van der Waals surface area contributed by atoms with Crippen molar-refractivity contribution < 1.29 is 9.90 Å². The second-order valence-corrected chi connectivity index (χ2v) is 3.95. The number of aromatic nitrogens is 1. The molecule has 0 radical (unpaired) electrons. The van der Waals surface area contributed by atoms with Gasteiger partial charge in [-0.05, 0) is 31.2 Å². The normalized spacial score (nSPS) is 10.3. The van der Waals surface area contributed by atoms with Crippen molar-refractivity contribution in [1.82, 2.24) is 4.57 Å². The molecule has 0 amide bonds. The van der Waals surface area contributed by atoms with E-state index < -0.39 is 11.5 Å². The number of nitrogen functional groups attached to an aromatic ring is 1. The fraction of sp³-hybridized carbons (Fsp3) is 0.0769. The summed E-state index contributed by atoms with van der Waals surface area (Å²) >= 11 is 0. The number of carboxylic acid groups (broad SMARTS) is 1. The molecule has 92 valence electrons. The number of rotatable bonds is 2. The Bertz CT molecular complexity index is 657. The van der Waals surface area contributed by atoms with E-state index >= 15 is 0 Å². The predicted octanol–water partition coefficient (Wildman–Crippen LogP) is 1.43. The van der Waals surface area contributed by atoms with E-state index in [-0.39, 0.29) is 11.4 Å². The highest BCUT2D eigenvalue weighted by Gasteiger charge is 2.13. The van der Waals surface area contributed by atoms with E-state index in [9.17, 15) is 9.59 Å². The third-order valence-corrected chi connectivity index (χ3v) is 2.64. The van der Waals surface area contributed by atoms with Gasteiger partial charge in [-0.15, -0.1) is 0 Å². The summed E-state index contributed by atoms with van der Waals surface area (Å²) < 4.78 is 1.18. The molecular weight excluding hydrogens is 232 g/mol. The van der Waals surface area contributed by atoms with E-state index in [2.05, 4.69) is 0 Å². The van der Waals surface area contributed by atoms with Gasteiger partial charge in [-0.25, -0.2) is 4.79 Å². The number of pyridine rings is 1. The minimum Gasteiger partial charge on any atom is -0.477 e. The first-order chi connectivity index (χ1) is 8.50. The zero-order valence-corrected chi connectivity index (χ0v) is 9.75. The largest absolute Gasteiger partial charge is 0.477 e. The third-order valence-electron chi connectivity index (χ3n) is 2.64. The Kier molecular flexibility index (Phi) is 2.89. The fourth-order valence-electron chi connectivity index (χ4n) is 1.68. The Morgan fingerprint density at radius 3 is 2.33 bits per heavy atom. The molecule has 0 saturated carbocycles. The Balaban J connectivity index is 2.71. The lowest BCUT2D eigenvalue weighted by Crippen LogP contribution is -2.26. The fourth-order valence-corrected chi connectivity index (χ4v) is 1.68. The number of hydrogen-bond acceptors (Lipinski definition) is 3. The SMILES string of the molecule is Cc1ccc(-n2c(N)ccc(C(=O)O)c2=O)cc1. The van der Waals surface area contributed by atoms with Crippen molar-refractivity contribution in [2.75, 3.05) is 5.73 Å². The van der Waals surface area contributed by atoms with Crippen LogP contribution >= 0.6 is 0 Å². The molecule has 0 bridgehead atoms. The first-order valence-corrected chi connectivity index (χ1v) is 5.32. The standard InChI is InChI=1S/C13H12N2O3/c1-8-2-4-9(5-3-8)15-11(14)7-6-10(12(15)16)13(17)18/h2-7H,14H2,1H3,(H,17,18). The topological polar surface area (TPSA) is 85.3 Å². The van der Waals surface area contributed by atoms with E-state index in [1.165, 1.54) is 16.7 Å². The van der Waals surface area contributed by atoms with Crippen molar-refractivity contribution in [2.24, 2.45) is 0 Å². The minimum atomic E-state index is -1.26. The molecule has 0 aliphatic heterocycles. The maximum atomic E-state index is 12.0. The number of nitrogens with two attached hydrogens (primary N) is 1. The molecule has 0 unspecified atom stereocenters. The Morgan fingerprint density at radius 2 is 1.78 bits per heavy atom. The lowest BCUT2D eigenvalue weighted by molar-refractivity contribution is 0.0694. The Hall–Kier alpha value is -2.56. The number of anilines is 1. The lowest BCUT2D eigenvalue weighted by atomic mass is 10.2. The summed E-state index contributed by atoms with van der Waals surface area (Å²) in [5, 5.41) is 8.92. The van der Waals surface area contributed by atoms with Gasteiger partial charge < -0.3 is 10.8 Å². The second kappa shape index (κ2) is 4.37. The summed E-state index contributed by atoms with van der Waals surface area (Å²) in [6.45, 7) is 1.92. The van der Waals surface area contributed by atoms with Gasteiger partial charge in [-0.1, -0.05) is 17.7 Å². The van der Waals surface area contributed by atoms with Crippen LogP contribution in [0.5, 0.6) is 0 Å².